The summed E-state index contributed by atoms with van der Waals surface area (Å²) < 4.78 is 0. The molecular formula is C13H23N3. The maximum atomic E-state index is 9.25. The zero-order valence-electron chi connectivity index (χ0n) is 10.3. The van der Waals surface area contributed by atoms with Gasteiger partial charge in [0.2, 0.25) is 0 Å². The molecule has 0 aromatic heterocycles. The molecule has 0 aromatic rings. The van der Waals surface area contributed by atoms with Crippen LogP contribution in [0.15, 0.2) is 0 Å². The van der Waals surface area contributed by atoms with Crippen molar-refractivity contribution in [3.63, 3.8) is 0 Å². The van der Waals surface area contributed by atoms with Crippen molar-refractivity contribution in [2.24, 2.45) is 17.6 Å². The predicted octanol–water partition coefficient (Wildman–Crippen LogP) is 1.74. The van der Waals surface area contributed by atoms with E-state index < -0.39 is 5.54 Å². The molecule has 0 aromatic carbocycles. The van der Waals surface area contributed by atoms with E-state index in [0.717, 1.165) is 38.4 Å². The van der Waals surface area contributed by atoms with Gasteiger partial charge in [-0.1, -0.05) is 6.92 Å². The number of rotatable bonds is 3. The van der Waals surface area contributed by atoms with Crippen molar-refractivity contribution < 1.29 is 0 Å². The summed E-state index contributed by atoms with van der Waals surface area (Å²) in [5.74, 6) is 1.29. The minimum absolute atomic E-state index is 0.457. The van der Waals surface area contributed by atoms with E-state index in [1.54, 1.807) is 0 Å². The second-order valence-corrected chi connectivity index (χ2v) is 5.74. The number of hydrogen-bond acceptors (Lipinski definition) is 3. The Morgan fingerprint density at radius 2 is 2.06 bits per heavy atom. The van der Waals surface area contributed by atoms with E-state index in [-0.39, 0.29) is 0 Å². The minimum atomic E-state index is -0.576. The SMILES string of the molecule is CC1CCCN(CC(N)(C#N)C2CC2)CC1. The Kier molecular flexibility index (Phi) is 3.51. The fourth-order valence-electron chi connectivity index (χ4n) is 2.70. The molecule has 3 heteroatoms. The molecule has 1 saturated heterocycles. The molecule has 2 unspecified atom stereocenters. The monoisotopic (exact) mass is 221 g/mol. The van der Waals surface area contributed by atoms with Crippen LogP contribution in [0.1, 0.15) is 39.0 Å². The molecule has 1 heterocycles. The molecule has 2 rings (SSSR count). The first kappa shape index (κ1) is 11.9. The summed E-state index contributed by atoms with van der Waals surface area (Å²) in [5, 5.41) is 9.25. The van der Waals surface area contributed by atoms with Crippen LogP contribution in [0.25, 0.3) is 0 Å². The lowest BCUT2D eigenvalue weighted by molar-refractivity contribution is 0.227. The molecule has 1 aliphatic heterocycles. The number of nitriles is 1. The fourth-order valence-corrected chi connectivity index (χ4v) is 2.70. The van der Waals surface area contributed by atoms with Crippen LogP contribution >= 0.6 is 0 Å². The van der Waals surface area contributed by atoms with Gasteiger partial charge < -0.3 is 10.6 Å². The molecule has 1 saturated carbocycles. The van der Waals surface area contributed by atoms with Crippen molar-refractivity contribution in [2.45, 2.75) is 44.6 Å². The predicted molar refractivity (Wildman–Crippen MR) is 64.7 cm³/mol. The van der Waals surface area contributed by atoms with Crippen molar-refractivity contribution in [1.29, 1.82) is 5.26 Å². The molecule has 2 aliphatic rings. The topological polar surface area (TPSA) is 53.0 Å². The summed E-state index contributed by atoms with van der Waals surface area (Å²) in [6.45, 7) is 5.34. The van der Waals surface area contributed by atoms with Crippen LogP contribution in [0.2, 0.25) is 0 Å². The lowest BCUT2D eigenvalue weighted by Gasteiger charge is -2.29. The normalized spacial score (nSPS) is 31.4. The van der Waals surface area contributed by atoms with E-state index in [9.17, 15) is 5.26 Å². The molecule has 2 atom stereocenters. The average molecular weight is 221 g/mol. The Labute approximate surface area is 98.6 Å². The maximum Gasteiger partial charge on any atom is 0.119 e. The van der Waals surface area contributed by atoms with Crippen molar-refractivity contribution in [3.8, 4) is 6.07 Å². The van der Waals surface area contributed by atoms with Crippen LogP contribution in [0.5, 0.6) is 0 Å². The van der Waals surface area contributed by atoms with Crippen LogP contribution < -0.4 is 5.73 Å². The largest absolute Gasteiger partial charge is 0.312 e. The van der Waals surface area contributed by atoms with Gasteiger partial charge in [-0.2, -0.15) is 5.26 Å². The highest BCUT2D eigenvalue weighted by Gasteiger charge is 2.43. The van der Waals surface area contributed by atoms with Gasteiger partial charge in [-0.05, 0) is 57.0 Å². The number of nitrogens with zero attached hydrogens (tertiary/aromatic N) is 2. The molecule has 2 N–H and O–H groups in total. The van der Waals surface area contributed by atoms with Gasteiger partial charge in [-0.3, -0.25) is 0 Å². The summed E-state index contributed by atoms with van der Waals surface area (Å²) in [7, 11) is 0. The zero-order valence-corrected chi connectivity index (χ0v) is 10.3. The summed E-state index contributed by atoms with van der Waals surface area (Å²) >= 11 is 0. The summed E-state index contributed by atoms with van der Waals surface area (Å²) in [5.41, 5.74) is 5.64. The Morgan fingerprint density at radius 3 is 2.69 bits per heavy atom. The molecule has 16 heavy (non-hydrogen) atoms. The molecule has 3 nitrogen and oxygen atoms in total. The van der Waals surface area contributed by atoms with E-state index in [4.69, 9.17) is 5.73 Å². The maximum absolute atomic E-state index is 9.25. The molecule has 0 spiro atoms. The van der Waals surface area contributed by atoms with Gasteiger partial charge in [0.05, 0.1) is 6.07 Å². The molecule has 90 valence electrons. The lowest BCUT2D eigenvalue weighted by atomic mass is 9.95. The van der Waals surface area contributed by atoms with E-state index >= 15 is 0 Å². The first-order valence-electron chi connectivity index (χ1n) is 6.56. The quantitative estimate of drug-likeness (QED) is 0.789. The van der Waals surface area contributed by atoms with Crippen molar-refractivity contribution in [3.05, 3.63) is 0 Å². The average Bonchev–Trinajstić information content (AvgIpc) is 3.07. The first-order valence-corrected chi connectivity index (χ1v) is 6.56. The summed E-state index contributed by atoms with van der Waals surface area (Å²) in [4.78, 5) is 2.41. The van der Waals surface area contributed by atoms with Crippen LogP contribution in [-0.2, 0) is 0 Å². The first-order chi connectivity index (χ1) is 7.64. The van der Waals surface area contributed by atoms with Crippen LogP contribution in [0.4, 0.5) is 0 Å². The van der Waals surface area contributed by atoms with Crippen molar-refractivity contribution >= 4 is 0 Å². The molecule has 2 fully saturated rings. The third-order valence-electron chi connectivity index (χ3n) is 4.11. The minimum Gasteiger partial charge on any atom is -0.312 e. The molecular weight excluding hydrogens is 198 g/mol. The van der Waals surface area contributed by atoms with Gasteiger partial charge in [0, 0.05) is 6.54 Å². The smallest absolute Gasteiger partial charge is 0.119 e. The third kappa shape index (κ3) is 2.75. The van der Waals surface area contributed by atoms with Crippen LogP contribution in [0, 0.1) is 23.2 Å². The van der Waals surface area contributed by atoms with E-state index in [1.807, 2.05) is 0 Å². The third-order valence-corrected chi connectivity index (χ3v) is 4.11. The summed E-state index contributed by atoms with van der Waals surface area (Å²) in [6, 6.07) is 2.36. The van der Waals surface area contributed by atoms with Gasteiger partial charge in [0.1, 0.15) is 5.54 Å². The highest BCUT2D eigenvalue weighted by molar-refractivity contribution is 5.14. The summed E-state index contributed by atoms with van der Waals surface area (Å²) in [6.07, 6.45) is 6.13. The Hall–Kier alpha value is -0.590. The van der Waals surface area contributed by atoms with Gasteiger partial charge in [-0.25, -0.2) is 0 Å². The Balaban J connectivity index is 1.90. The molecule has 1 aliphatic carbocycles. The molecule has 0 amide bonds. The van der Waals surface area contributed by atoms with Crippen LogP contribution in [-0.4, -0.2) is 30.1 Å². The number of nitrogens with two attached hydrogens (primary N) is 1. The van der Waals surface area contributed by atoms with Gasteiger partial charge in [0.25, 0.3) is 0 Å². The zero-order chi connectivity index (χ0) is 11.6. The van der Waals surface area contributed by atoms with E-state index in [2.05, 4.69) is 17.9 Å². The van der Waals surface area contributed by atoms with Crippen molar-refractivity contribution in [1.82, 2.24) is 4.90 Å². The number of likely N-dealkylation sites (tertiary alicyclic amines) is 1. The van der Waals surface area contributed by atoms with E-state index in [1.165, 1.54) is 19.3 Å². The van der Waals surface area contributed by atoms with Gasteiger partial charge >= 0.3 is 0 Å². The molecule has 0 radical (unpaired) electrons. The highest BCUT2D eigenvalue weighted by Crippen LogP contribution is 2.38. The second kappa shape index (κ2) is 4.73. The number of hydrogen-bond donors (Lipinski definition) is 1. The highest BCUT2D eigenvalue weighted by atomic mass is 15.1. The Morgan fingerprint density at radius 1 is 1.31 bits per heavy atom. The second-order valence-electron chi connectivity index (χ2n) is 5.74. The van der Waals surface area contributed by atoms with Gasteiger partial charge in [-0.15, -0.1) is 0 Å². The lowest BCUT2D eigenvalue weighted by Crippen LogP contribution is -2.51. The van der Waals surface area contributed by atoms with Crippen LogP contribution in [0.3, 0.4) is 0 Å². The Bertz CT molecular complexity index is 279. The standard InChI is InChI=1S/C13H23N3/c1-11-3-2-7-16(8-6-11)10-13(15,9-14)12-4-5-12/h11-12H,2-8,10,15H2,1H3. The van der Waals surface area contributed by atoms with Gasteiger partial charge in [0.15, 0.2) is 0 Å². The molecule has 0 bridgehead atoms. The van der Waals surface area contributed by atoms with E-state index in [0.29, 0.717) is 5.92 Å². The fraction of sp³-hybridized carbons (Fsp3) is 0.923. The van der Waals surface area contributed by atoms with Crippen molar-refractivity contribution in [2.75, 3.05) is 19.6 Å².